The van der Waals surface area contributed by atoms with Gasteiger partial charge in [-0.05, 0) is 6.42 Å². The molecule has 0 amide bonds. The molecule has 1 heterocycles. The zero-order chi connectivity index (χ0) is 14.4. The number of rotatable bonds is 7. The first-order valence-electron chi connectivity index (χ1n) is 6.54. The molecule has 0 radical (unpaired) electrons. The van der Waals surface area contributed by atoms with Gasteiger partial charge in [-0.2, -0.15) is 0 Å². The minimum atomic E-state index is -0.929. The van der Waals surface area contributed by atoms with E-state index < -0.39 is 12.0 Å². The first kappa shape index (κ1) is 15.2. The van der Waals surface area contributed by atoms with Crippen LogP contribution >= 0.6 is 0 Å². The maximum absolute atomic E-state index is 11.5. The maximum atomic E-state index is 11.5. The van der Waals surface area contributed by atoms with Crippen molar-refractivity contribution in [2.24, 2.45) is 0 Å². The van der Waals surface area contributed by atoms with Crippen LogP contribution in [0.15, 0.2) is 10.9 Å². The molecule has 0 saturated carbocycles. The molecule has 0 aliphatic carbocycles. The minimum Gasteiger partial charge on any atom is -0.480 e. The van der Waals surface area contributed by atoms with Crippen LogP contribution in [-0.4, -0.2) is 27.1 Å². The molecule has 1 unspecified atom stereocenters. The molecule has 0 aromatic carbocycles. The van der Waals surface area contributed by atoms with Crippen LogP contribution in [0.4, 0.5) is 5.82 Å². The van der Waals surface area contributed by atoms with Gasteiger partial charge in [-0.3, -0.25) is 4.79 Å². The molecule has 3 N–H and O–H groups in total. The maximum Gasteiger partial charge on any atom is 0.326 e. The van der Waals surface area contributed by atoms with E-state index in [1.54, 1.807) is 0 Å². The van der Waals surface area contributed by atoms with Crippen LogP contribution < -0.4 is 10.9 Å². The van der Waals surface area contributed by atoms with Crippen molar-refractivity contribution in [3.8, 4) is 0 Å². The second-order valence-electron chi connectivity index (χ2n) is 4.85. The molecule has 0 fully saturated rings. The van der Waals surface area contributed by atoms with E-state index in [1.165, 1.54) is 6.07 Å². The van der Waals surface area contributed by atoms with Crippen molar-refractivity contribution >= 4 is 11.8 Å². The number of carboxylic acids is 1. The molecule has 1 atom stereocenters. The first-order valence-corrected chi connectivity index (χ1v) is 6.54. The minimum absolute atomic E-state index is 0.0772. The molecule has 19 heavy (non-hydrogen) atoms. The van der Waals surface area contributed by atoms with E-state index in [1.807, 2.05) is 20.8 Å². The summed E-state index contributed by atoms with van der Waals surface area (Å²) in [6, 6.07) is 0.572. The van der Waals surface area contributed by atoms with E-state index >= 15 is 0 Å². The predicted octanol–water partition coefficient (Wildman–Crippen LogP) is 1.95. The van der Waals surface area contributed by atoms with Crippen molar-refractivity contribution in [3.63, 3.8) is 0 Å². The summed E-state index contributed by atoms with van der Waals surface area (Å²) in [7, 11) is 0. The summed E-state index contributed by atoms with van der Waals surface area (Å²) in [6.45, 7) is 5.82. The van der Waals surface area contributed by atoms with Gasteiger partial charge < -0.3 is 15.4 Å². The summed E-state index contributed by atoms with van der Waals surface area (Å²) in [5, 5.41) is 12.0. The van der Waals surface area contributed by atoms with Crippen molar-refractivity contribution in [2.75, 3.05) is 5.32 Å². The molecule has 6 nitrogen and oxygen atoms in total. The quantitative estimate of drug-likeness (QED) is 0.701. The summed E-state index contributed by atoms with van der Waals surface area (Å²) >= 11 is 0. The Morgan fingerprint density at radius 3 is 2.74 bits per heavy atom. The molecule has 6 heteroatoms. The highest BCUT2D eigenvalue weighted by atomic mass is 16.4. The number of anilines is 1. The van der Waals surface area contributed by atoms with Crippen molar-refractivity contribution < 1.29 is 9.90 Å². The number of aromatic amines is 1. The lowest BCUT2D eigenvalue weighted by atomic mass is 10.1. The highest BCUT2D eigenvalue weighted by Crippen LogP contribution is 2.12. The summed E-state index contributed by atoms with van der Waals surface area (Å²) < 4.78 is 0. The number of H-pyrrole nitrogens is 1. The molecular formula is C13H21N3O3. The first-order chi connectivity index (χ1) is 8.93. The van der Waals surface area contributed by atoms with E-state index in [2.05, 4.69) is 15.3 Å². The van der Waals surface area contributed by atoms with Gasteiger partial charge in [0.25, 0.3) is 5.56 Å². The highest BCUT2D eigenvalue weighted by molar-refractivity contribution is 5.76. The Morgan fingerprint density at radius 2 is 2.21 bits per heavy atom. The summed E-state index contributed by atoms with van der Waals surface area (Å²) in [5.41, 5.74) is -0.277. The van der Waals surface area contributed by atoms with Crippen molar-refractivity contribution in [2.45, 2.75) is 52.0 Å². The molecule has 0 aliphatic rings. The number of aliphatic carboxylic acids is 1. The molecule has 106 valence electrons. The Morgan fingerprint density at radius 1 is 1.53 bits per heavy atom. The fourth-order valence-electron chi connectivity index (χ4n) is 1.67. The average molecular weight is 267 g/mol. The van der Waals surface area contributed by atoms with E-state index in [0.29, 0.717) is 18.1 Å². The number of nitrogens with zero attached hydrogens (tertiary/aromatic N) is 1. The van der Waals surface area contributed by atoms with Gasteiger partial charge >= 0.3 is 5.97 Å². The number of unbranched alkanes of at least 4 members (excludes halogenated alkanes) is 1. The zero-order valence-corrected chi connectivity index (χ0v) is 11.6. The van der Waals surface area contributed by atoms with Crippen LogP contribution in [0.1, 0.15) is 51.8 Å². The monoisotopic (exact) mass is 267 g/mol. The van der Waals surface area contributed by atoms with Crippen molar-refractivity contribution in [1.82, 2.24) is 9.97 Å². The SMILES string of the molecule is CCCCC(Nc1cc(=O)[nH]c(C(C)C)n1)C(=O)O. The van der Waals surface area contributed by atoms with Gasteiger partial charge in [0.1, 0.15) is 17.7 Å². The van der Waals surface area contributed by atoms with Crippen LogP contribution in [0.5, 0.6) is 0 Å². The van der Waals surface area contributed by atoms with Gasteiger partial charge in [0.15, 0.2) is 0 Å². The van der Waals surface area contributed by atoms with Crippen LogP contribution in [0.25, 0.3) is 0 Å². The summed E-state index contributed by atoms with van der Waals surface area (Å²) in [4.78, 5) is 29.5. The van der Waals surface area contributed by atoms with E-state index in [9.17, 15) is 9.59 Å². The zero-order valence-electron chi connectivity index (χ0n) is 11.6. The third-order valence-corrected chi connectivity index (χ3v) is 2.77. The largest absolute Gasteiger partial charge is 0.480 e. The molecular weight excluding hydrogens is 246 g/mol. The van der Waals surface area contributed by atoms with Crippen molar-refractivity contribution in [3.05, 3.63) is 22.2 Å². The second-order valence-corrected chi connectivity index (χ2v) is 4.85. The lowest BCUT2D eigenvalue weighted by Gasteiger charge is -2.15. The lowest BCUT2D eigenvalue weighted by Crippen LogP contribution is -2.30. The number of nitrogens with one attached hydrogen (secondary N) is 2. The Balaban J connectivity index is 2.89. The number of hydrogen-bond acceptors (Lipinski definition) is 4. The fraction of sp³-hybridized carbons (Fsp3) is 0.615. The van der Waals surface area contributed by atoms with Crippen LogP contribution in [0.2, 0.25) is 0 Å². The van der Waals surface area contributed by atoms with Gasteiger partial charge in [-0.25, -0.2) is 9.78 Å². The summed E-state index contributed by atoms with van der Waals surface area (Å²) in [5.74, 6) is 0.0144. The Kier molecular flexibility index (Phi) is 5.54. The van der Waals surface area contributed by atoms with Gasteiger partial charge in [-0.1, -0.05) is 33.6 Å². The predicted molar refractivity (Wildman–Crippen MR) is 73.5 cm³/mol. The van der Waals surface area contributed by atoms with Crippen molar-refractivity contribution in [1.29, 1.82) is 0 Å². The van der Waals surface area contributed by atoms with Crippen LogP contribution in [-0.2, 0) is 4.79 Å². The van der Waals surface area contributed by atoms with E-state index in [4.69, 9.17) is 5.11 Å². The van der Waals surface area contributed by atoms with E-state index in [0.717, 1.165) is 12.8 Å². The number of carboxylic acid groups (broad SMARTS) is 1. The molecule has 1 rings (SSSR count). The number of carbonyl (C=O) groups is 1. The third-order valence-electron chi connectivity index (χ3n) is 2.77. The standard InChI is InChI=1S/C13H21N3O3/c1-4-5-6-9(13(18)19)14-10-7-11(17)16-12(15-10)8(2)3/h7-9H,4-6H2,1-3H3,(H,18,19)(H2,14,15,16,17). The second kappa shape index (κ2) is 6.92. The normalized spacial score (nSPS) is 12.4. The highest BCUT2D eigenvalue weighted by Gasteiger charge is 2.17. The van der Waals surface area contributed by atoms with Crippen LogP contribution in [0, 0.1) is 0 Å². The Labute approximate surface area is 112 Å². The average Bonchev–Trinajstić information content (AvgIpc) is 2.33. The Hall–Kier alpha value is -1.85. The fourth-order valence-corrected chi connectivity index (χ4v) is 1.67. The molecule has 0 spiro atoms. The number of hydrogen-bond donors (Lipinski definition) is 3. The van der Waals surface area contributed by atoms with Gasteiger partial charge in [-0.15, -0.1) is 0 Å². The molecule has 1 aromatic rings. The molecule has 0 bridgehead atoms. The summed E-state index contributed by atoms with van der Waals surface area (Å²) in [6.07, 6.45) is 2.24. The lowest BCUT2D eigenvalue weighted by molar-refractivity contribution is -0.138. The number of aromatic nitrogens is 2. The smallest absolute Gasteiger partial charge is 0.326 e. The van der Waals surface area contributed by atoms with Crippen LogP contribution in [0.3, 0.4) is 0 Å². The molecule has 1 aromatic heterocycles. The molecule has 0 saturated heterocycles. The molecule has 0 aliphatic heterocycles. The van der Waals surface area contributed by atoms with Gasteiger partial charge in [0, 0.05) is 12.0 Å². The van der Waals surface area contributed by atoms with Gasteiger partial charge in [0.05, 0.1) is 0 Å². The Bertz CT molecular complexity index is 482. The topological polar surface area (TPSA) is 95.1 Å². The third kappa shape index (κ3) is 4.73. The van der Waals surface area contributed by atoms with Gasteiger partial charge in [0.2, 0.25) is 0 Å². The van der Waals surface area contributed by atoms with E-state index in [-0.39, 0.29) is 11.5 Å².